The predicted octanol–water partition coefficient (Wildman–Crippen LogP) is 2.38. The molecule has 0 unspecified atom stereocenters. The van der Waals surface area contributed by atoms with Crippen LogP contribution in [-0.4, -0.2) is 26.9 Å². The number of alkyl halides is 3. The molecule has 0 amide bonds. The van der Waals surface area contributed by atoms with Crippen molar-refractivity contribution in [3.63, 3.8) is 0 Å². The lowest BCUT2D eigenvalue weighted by Gasteiger charge is -2.10. The molecule has 1 aromatic carbocycles. The lowest BCUT2D eigenvalue weighted by Crippen LogP contribution is -2.33. The molecule has 19 heavy (non-hydrogen) atoms. The second kappa shape index (κ2) is 5.48. The second-order valence-corrected chi connectivity index (χ2v) is 5.81. The van der Waals surface area contributed by atoms with Crippen molar-refractivity contribution in [2.75, 3.05) is 6.54 Å². The molecule has 106 valence electrons. The summed E-state index contributed by atoms with van der Waals surface area (Å²) < 4.78 is 60.5. The Morgan fingerprint density at radius 1 is 1.37 bits per heavy atom. The fourth-order valence-electron chi connectivity index (χ4n) is 1.20. The number of sulfonamides is 1. The average Bonchev–Trinajstić information content (AvgIpc) is 2.25. The van der Waals surface area contributed by atoms with E-state index in [-0.39, 0.29) is 10.6 Å². The number of ketones is 1. The minimum Gasteiger partial charge on any atom is -0.294 e. The smallest absolute Gasteiger partial charge is 0.294 e. The molecule has 0 atom stereocenters. The van der Waals surface area contributed by atoms with Crippen molar-refractivity contribution < 1.29 is 26.4 Å². The van der Waals surface area contributed by atoms with Crippen LogP contribution in [0.4, 0.5) is 13.2 Å². The monoisotopic (exact) mass is 315 g/mol. The maximum absolute atomic E-state index is 12.0. The molecule has 0 radical (unpaired) electrons. The summed E-state index contributed by atoms with van der Waals surface area (Å²) in [7, 11) is -4.35. The Morgan fingerprint density at radius 2 is 1.95 bits per heavy atom. The number of halogens is 4. The van der Waals surface area contributed by atoms with E-state index in [1.165, 1.54) is 11.6 Å². The number of rotatable bonds is 4. The molecule has 1 aromatic rings. The van der Waals surface area contributed by atoms with Gasteiger partial charge in [0.1, 0.15) is 6.54 Å². The highest BCUT2D eigenvalue weighted by molar-refractivity contribution is 7.89. The van der Waals surface area contributed by atoms with Crippen molar-refractivity contribution in [2.24, 2.45) is 0 Å². The Kier molecular flexibility index (Phi) is 4.59. The van der Waals surface area contributed by atoms with E-state index in [9.17, 15) is 26.4 Å². The zero-order chi connectivity index (χ0) is 14.8. The molecule has 9 heteroatoms. The Labute approximate surface area is 112 Å². The van der Waals surface area contributed by atoms with E-state index in [1.807, 2.05) is 0 Å². The summed E-state index contributed by atoms with van der Waals surface area (Å²) in [6.45, 7) is -0.520. The Balaban J connectivity index is 3.09. The third-order valence-corrected chi connectivity index (χ3v) is 3.82. The van der Waals surface area contributed by atoms with Gasteiger partial charge in [0.2, 0.25) is 10.0 Å². The Morgan fingerprint density at radius 3 is 2.42 bits per heavy atom. The van der Waals surface area contributed by atoms with Gasteiger partial charge in [-0.1, -0.05) is 11.6 Å². The van der Waals surface area contributed by atoms with Crippen LogP contribution in [0.2, 0.25) is 5.02 Å². The van der Waals surface area contributed by atoms with E-state index in [2.05, 4.69) is 0 Å². The second-order valence-electron chi connectivity index (χ2n) is 3.64. The molecule has 0 heterocycles. The maximum Gasteiger partial charge on any atom is 0.402 e. The van der Waals surface area contributed by atoms with Gasteiger partial charge < -0.3 is 0 Å². The lowest BCUT2D eigenvalue weighted by atomic mass is 10.1. The van der Waals surface area contributed by atoms with E-state index >= 15 is 0 Å². The van der Waals surface area contributed by atoms with Gasteiger partial charge in [-0.25, -0.2) is 13.1 Å². The largest absolute Gasteiger partial charge is 0.402 e. The summed E-state index contributed by atoms with van der Waals surface area (Å²) in [4.78, 5) is 10.7. The van der Waals surface area contributed by atoms with Crippen molar-refractivity contribution in [2.45, 2.75) is 18.0 Å². The molecule has 4 nitrogen and oxygen atoms in total. The zero-order valence-electron chi connectivity index (χ0n) is 9.58. The van der Waals surface area contributed by atoms with Gasteiger partial charge in [0.15, 0.2) is 5.78 Å². The summed E-state index contributed by atoms with van der Waals surface area (Å²) >= 11 is 5.67. The van der Waals surface area contributed by atoms with Gasteiger partial charge in [0.25, 0.3) is 0 Å². The fraction of sp³-hybridized carbons (Fsp3) is 0.300. The first-order valence-corrected chi connectivity index (χ1v) is 6.76. The van der Waals surface area contributed by atoms with Crippen molar-refractivity contribution >= 4 is 27.4 Å². The first-order chi connectivity index (χ1) is 8.53. The van der Waals surface area contributed by atoms with E-state index in [4.69, 9.17) is 11.6 Å². The molecule has 0 saturated heterocycles. The molecule has 0 saturated carbocycles. The summed E-state index contributed by atoms with van der Waals surface area (Å²) in [5.74, 6) is -0.488. The number of Topliss-reactive ketones (excluding diaryl/α,β-unsaturated/α-hetero) is 1. The van der Waals surface area contributed by atoms with Crippen LogP contribution < -0.4 is 4.72 Å². The molecular weight excluding hydrogens is 307 g/mol. The van der Waals surface area contributed by atoms with Gasteiger partial charge in [-0.15, -0.1) is 0 Å². The van der Waals surface area contributed by atoms with E-state index in [0.29, 0.717) is 0 Å². The van der Waals surface area contributed by atoms with Gasteiger partial charge in [-0.05, 0) is 25.1 Å². The molecular formula is C10H9ClF3NO3S. The predicted molar refractivity (Wildman–Crippen MR) is 62.7 cm³/mol. The lowest BCUT2D eigenvalue weighted by molar-refractivity contribution is -0.121. The number of carbonyl (C=O) groups is 1. The third kappa shape index (κ3) is 4.48. The number of hydrogen-bond acceptors (Lipinski definition) is 3. The van der Waals surface area contributed by atoms with Crippen LogP contribution in [0, 0.1) is 0 Å². The third-order valence-electron chi connectivity index (χ3n) is 2.09. The molecule has 1 rings (SSSR count). The number of hydrogen-bond donors (Lipinski definition) is 1. The van der Waals surface area contributed by atoms with Gasteiger partial charge in [-0.2, -0.15) is 13.2 Å². The van der Waals surface area contributed by atoms with Gasteiger partial charge in [0, 0.05) is 5.56 Å². The van der Waals surface area contributed by atoms with E-state index in [1.54, 1.807) is 0 Å². The van der Waals surface area contributed by atoms with Crippen LogP contribution in [0.1, 0.15) is 17.3 Å². The van der Waals surface area contributed by atoms with Crippen LogP contribution in [-0.2, 0) is 10.0 Å². The molecule has 0 bridgehead atoms. The highest BCUT2D eigenvalue weighted by Gasteiger charge is 2.30. The van der Waals surface area contributed by atoms with Crippen LogP contribution in [0.3, 0.4) is 0 Å². The fourth-order valence-corrected chi connectivity index (χ4v) is 2.49. The van der Waals surface area contributed by atoms with Crippen molar-refractivity contribution in [3.8, 4) is 0 Å². The molecule has 1 N–H and O–H groups in total. The maximum atomic E-state index is 12.0. The Bertz CT molecular complexity index is 599. The van der Waals surface area contributed by atoms with Crippen LogP contribution in [0.25, 0.3) is 0 Å². The summed E-state index contributed by atoms with van der Waals surface area (Å²) in [6, 6.07) is 3.09. The first kappa shape index (κ1) is 15.9. The molecule has 0 spiro atoms. The SMILES string of the molecule is CC(=O)c1cc(S(=O)(=O)NCC(F)(F)F)ccc1Cl. The van der Waals surface area contributed by atoms with Gasteiger partial charge in [0.05, 0.1) is 9.92 Å². The quantitative estimate of drug-likeness (QED) is 0.868. The average molecular weight is 316 g/mol. The topological polar surface area (TPSA) is 63.2 Å². The highest BCUT2D eigenvalue weighted by Crippen LogP contribution is 2.21. The summed E-state index contributed by atoms with van der Waals surface area (Å²) in [6.07, 6.45) is -4.66. The van der Waals surface area contributed by atoms with Gasteiger partial charge >= 0.3 is 6.18 Å². The van der Waals surface area contributed by atoms with Crippen LogP contribution in [0.15, 0.2) is 23.1 Å². The molecule has 0 fully saturated rings. The van der Waals surface area contributed by atoms with Crippen molar-refractivity contribution in [1.29, 1.82) is 0 Å². The van der Waals surface area contributed by atoms with E-state index < -0.39 is 33.4 Å². The van der Waals surface area contributed by atoms with Crippen LogP contribution >= 0.6 is 11.6 Å². The van der Waals surface area contributed by atoms with E-state index in [0.717, 1.165) is 18.2 Å². The Hall–Kier alpha value is -1.12. The number of carbonyl (C=O) groups excluding carboxylic acids is 1. The van der Waals surface area contributed by atoms with Crippen LogP contribution in [0.5, 0.6) is 0 Å². The minimum atomic E-state index is -4.66. The number of nitrogens with one attached hydrogen (secondary N) is 1. The number of benzene rings is 1. The molecule has 0 aromatic heterocycles. The molecule has 0 aliphatic rings. The highest BCUT2D eigenvalue weighted by atomic mass is 35.5. The zero-order valence-corrected chi connectivity index (χ0v) is 11.2. The summed E-state index contributed by atoms with van der Waals surface area (Å²) in [5.41, 5.74) is -0.0726. The summed E-state index contributed by atoms with van der Waals surface area (Å²) in [5, 5.41) is 0.0299. The molecule has 0 aliphatic heterocycles. The normalized spacial score (nSPS) is 12.5. The molecule has 0 aliphatic carbocycles. The first-order valence-electron chi connectivity index (χ1n) is 4.90. The minimum absolute atomic E-state index is 0.0299. The standard InChI is InChI=1S/C10H9ClF3NO3S/c1-6(16)8-4-7(2-3-9(8)11)19(17,18)15-5-10(12,13)14/h2-4,15H,5H2,1H3. The van der Waals surface area contributed by atoms with Crippen molar-refractivity contribution in [3.05, 3.63) is 28.8 Å². The van der Waals surface area contributed by atoms with Crippen molar-refractivity contribution in [1.82, 2.24) is 4.72 Å². The van der Waals surface area contributed by atoms with Gasteiger partial charge in [-0.3, -0.25) is 4.79 Å².